The molecule has 0 saturated carbocycles. The molecule has 0 aliphatic carbocycles. The van der Waals surface area contributed by atoms with Gasteiger partial charge in [-0.05, 0) is 0 Å². The van der Waals surface area contributed by atoms with Gasteiger partial charge in [-0.3, -0.25) is 0 Å². The minimum atomic E-state index is 0.601. The maximum atomic E-state index is 5.32. The van der Waals surface area contributed by atoms with E-state index in [1.165, 1.54) is 5.56 Å². The Kier molecular flexibility index (Phi) is 5.19. The molecule has 1 aromatic carbocycles. The van der Waals surface area contributed by atoms with Crippen molar-refractivity contribution in [2.75, 3.05) is 0 Å². The van der Waals surface area contributed by atoms with Crippen LogP contribution in [-0.2, 0) is 36.0 Å². The molecule has 0 unspecified atom stereocenters. The summed E-state index contributed by atoms with van der Waals surface area (Å²) in [6.07, 6.45) is 0. The third-order valence-corrected chi connectivity index (χ3v) is 7.64. The monoisotopic (exact) mass is 385 g/mol. The van der Waals surface area contributed by atoms with Gasteiger partial charge >= 0.3 is 96.7 Å². The second-order valence-electron chi connectivity index (χ2n) is 2.17. The normalized spacial score (nSPS) is 9.50. The predicted octanol–water partition coefficient (Wildman–Crippen LogP) is 2.68. The van der Waals surface area contributed by atoms with Gasteiger partial charge in [0.2, 0.25) is 0 Å². The first-order valence-electron chi connectivity index (χ1n) is 3.45. The molecule has 0 radical (unpaired) electrons. The zero-order valence-corrected chi connectivity index (χ0v) is 13.7. The third-order valence-electron chi connectivity index (χ3n) is 1.32. The van der Waals surface area contributed by atoms with Crippen molar-refractivity contribution in [3.05, 3.63) is 35.9 Å². The molecule has 1 rings (SSSR count). The Morgan fingerprint density at radius 2 is 2.08 bits per heavy atom. The number of benzene rings is 1. The van der Waals surface area contributed by atoms with Crippen LogP contribution in [0.4, 0.5) is 0 Å². The van der Waals surface area contributed by atoms with E-state index in [2.05, 4.69) is 0 Å². The summed E-state index contributed by atoms with van der Waals surface area (Å²) >= 11 is 5.58. The Bertz CT molecular complexity index is 250. The SMILES string of the molecule is S=C(OCc1ccccc1)[S][Hg]. The second kappa shape index (κ2) is 5.94. The van der Waals surface area contributed by atoms with Crippen molar-refractivity contribution in [2.24, 2.45) is 0 Å². The Labute approximate surface area is 96.0 Å². The topological polar surface area (TPSA) is 9.23 Å². The number of ether oxygens (including phenoxy) is 1. The van der Waals surface area contributed by atoms with Crippen molar-refractivity contribution in [1.82, 2.24) is 0 Å². The van der Waals surface area contributed by atoms with E-state index >= 15 is 0 Å². The molecule has 0 spiro atoms. The molecule has 0 heterocycles. The van der Waals surface area contributed by atoms with Gasteiger partial charge in [0.05, 0.1) is 0 Å². The first-order chi connectivity index (χ1) is 5.83. The molecular formula is C8H7HgOS2. The molecule has 12 heavy (non-hydrogen) atoms. The van der Waals surface area contributed by atoms with E-state index in [0.717, 1.165) is 0 Å². The molecule has 0 aliphatic heterocycles. The van der Waals surface area contributed by atoms with E-state index in [-0.39, 0.29) is 0 Å². The maximum absolute atomic E-state index is 5.32. The molecule has 0 N–H and O–H groups in total. The number of hydrogen-bond donors (Lipinski definition) is 0. The van der Waals surface area contributed by atoms with Crippen molar-refractivity contribution >= 4 is 24.8 Å². The fraction of sp³-hybridized carbons (Fsp3) is 0.125. The standard InChI is InChI=1S/C8H8OS2.Hg/c10-8(11)9-6-7-4-2-1-3-5-7;/h1-5H,6H2,(H,10,11);/q;+1/p-1. The quantitative estimate of drug-likeness (QED) is 0.574. The Morgan fingerprint density at radius 1 is 1.42 bits per heavy atom. The van der Waals surface area contributed by atoms with Gasteiger partial charge in [-0.1, -0.05) is 0 Å². The van der Waals surface area contributed by atoms with Gasteiger partial charge in [-0.2, -0.15) is 0 Å². The molecule has 0 fully saturated rings. The number of hydrogen-bond acceptors (Lipinski definition) is 3. The van der Waals surface area contributed by atoms with Crippen molar-refractivity contribution < 1.29 is 29.3 Å². The van der Waals surface area contributed by atoms with Crippen molar-refractivity contribution in [1.29, 1.82) is 0 Å². The molecular weight excluding hydrogens is 377 g/mol. The molecule has 0 saturated heterocycles. The van der Waals surface area contributed by atoms with E-state index in [9.17, 15) is 0 Å². The van der Waals surface area contributed by atoms with Crippen LogP contribution in [0.2, 0.25) is 0 Å². The van der Waals surface area contributed by atoms with Crippen molar-refractivity contribution in [3.8, 4) is 0 Å². The fourth-order valence-corrected chi connectivity index (χ4v) is 1.93. The molecule has 1 aromatic rings. The van der Waals surface area contributed by atoms with Crippen LogP contribution in [0, 0.1) is 0 Å². The summed E-state index contributed by atoms with van der Waals surface area (Å²) in [5.74, 6) is 0. The molecule has 0 amide bonds. The van der Waals surface area contributed by atoms with Crippen LogP contribution < -0.4 is 0 Å². The summed E-state index contributed by atoms with van der Waals surface area (Å²) in [6.45, 7) is 0.601. The van der Waals surface area contributed by atoms with Gasteiger partial charge in [0.25, 0.3) is 0 Å². The van der Waals surface area contributed by atoms with Crippen LogP contribution in [0.5, 0.6) is 0 Å². The molecule has 0 aliphatic rings. The molecule has 59 valence electrons. The molecule has 0 bridgehead atoms. The van der Waals surface area contributed by atoms with E-state index < -0.39 is 0 Å². The van der Waals surface area contributed by atoms with Gasteiger partial charge in [0.15, 0.2) is 0 Å². The van der Waals surface area contributed by atoms with Crippen LogP contribution in [0.15, 0.2) is 30.3 Å². The minimum absolute atomic E-state index is 0.601. The van der Waals surface area contributed by atoms with Gasteiger partial charge < -0.3 is 0 Å². The van der Waals surface area contributed by atoms with Gasteiger partial charge in [-0.15, -0.1) is 0 Å². The van der Waals surface area contributed by atoms with Crippen LogP contribution >= 0.6 is 20.5 Å². The first kappa shape index (κ1) is 10.5. The zero-order valence-electron chi connectivity index (χ0n) is 6.53. The molecule has 4 heteroatoms. The number of thiocarbonyl (C=S) groups is 1. The van der Waals surface area contributed by atoms with Crippen molar-refractivity contribution in [3.63, 3.8) is 0 Å². The summed E-state index contributed by atoms with van der Waals surface area (Å²) in [6, 6.07) is 10.1. The van der Waals surface area contributed by atoms with Gasteiger partial charge in [-0.25, -0.2) is 0 Å². The van der Waals surface area contributed by atoms with E-state index in [0.29, 0.717) is 35.6 Å². The first-order valence-corrected chi connectivity index (χ1v) is 11.6. The third kappa shape index (κ3) is 3.87. The summed E-state index contributed by atoms with van der Waals surface area (Å²) in [7, 11) is 1.65. The van der Waals surface area contributed by atoms with Gasteiger partial charge in [0.1, 0.15) is 0 Å². The fourth-order valence-electron chi connectivity index (χ4n) is 0.758. The average Bonchev–Trinajstić information content (AvgIpc) is 2.16. The molecule has 1 nitrogen and oxygen atoms in total. The second-order valence-corrected chi connectivity index (χ2v) is 6.82. The van der Waals surface area contributed by atoms with E-state index in [1.54, 1.807) is 8.24 Å². The Morgan fingerprint density at radius 3 is 2.67 bits per heavy atom. The Balaban J connectivity index is 2.38. The van der Waals surface area contributed by atoms with Crippen LogP contribution in [0.1, 0.15) is 5.56 Å². The number of rotatable bonds is 2. The average molecular weight is 384 g/mol. The van der Waals surface area contributed by atoms with Crippen molar-refractivity contribution in [2.45, 2.75) is 6.61 Å². The molecule has 0 aromatic heterocycles. The summed E-state index contributed by atoms with van der Waals surface area (Å²) < 4.78 is 6.00. The summed E-state index contributed by atoms with van der Waals surface area (Å²) in [4.78, 5) is 0. The Hall–Kier alpha value is 0.395. The van der Waals surface area contributed by atoms with Crippen LogP contribution in [0.25, 0.3) is 0 Å². The van der Waals surface area contributed by atoms with Crippen LogP contribution in [-0.4, -0.2) is 4.38 Å². The van der Waals surface area contributed by atoms with E-state index in [4.69, 9.17) is 17.0 Å². The molecule has 0 atom stereocenters. The van der Waals surface area contributed by atoms with Gasteiger partial charge in [0, 0.05) is 0 Å². The zero-order chi connectivity index (χ0) is 8.81. The summed E-state index contributed by atoms with van der Waals surface area (Å²) in [5.41, 5.74) is 1.17. The predicted molar refractivity (Wildman–Crippen MR) is 51.4 cm³/mol. The summed E-state index contributed by atoms with van der Waals surface area (Å²) in [5, 5.41) is 0. The van der Waals surface area contributed by atoms with E-state index in [1.807, 2.05) is 30.3 Å². The van der Waals surface area contributed by atoms with Crippen LogP contribution in [0.3, 0.4) is 0 Å².